The summed E-state index contributed by atoms with van der Waals surface area (Å²) in [5.41, 5.74) is 13.8. The van der Waals surface area contributed by atoms with E-state index in [-0.39, 0.29) is 23.9 Å². The highest BCUT2D eigenvalue weighted by atomic mass is 15.3. The van der Waals surface area contributed by atoms with Gasteiger partial charge in [-0.2, -0.15) is 0 Å². The predicted octanol–water partition coefficient (Wildman–Crippen LogP) is 8.52. The Morgan fingerprint density at radius 3 is 1.98 bits per heavy atom. The molecule has 0 bridgehead atoms. The molecular formula is C39H33N3. The lowest BCUT2D eigenvalue weighted by Crippen LogP contribution is -2.52. The molecule has 4 aromatic rings. The van der Waals surface area contributed by atoms with Gasteiger partial charge < -0.3 is 10.6 Å². The van der Waals surface area contributed by atoms with Gasteiger partial charge in [-0.05, 0) is 51.2 Å². The maximum atomic E-state index is 7.03. The van der Waals surface area contributed by atoms with Gasteiger partial charge >= 0.3 is 0 Å². The summed E-state index contributed by atoms with van der Waals surface area (Å²) in [6.07, 6.45) is 21.4. The van der Waals surface area contributed by atoms with Crippen LogP contribution in [0.2, 0.25) is 0 Å². The first-order valence-corrected chi connectivity index (χ1v) is 14.5. The third kappa shape index (κ3) is 4.63. The van der Waals surface area contributed by atoms with E-state index in [1.807, 2.05) is 6.08 Å². The van der Waals surface area contributed by atoms with Gasteiger partial charge in [-0.3, -0.25) is 0 Å². The number of guanidine groups is 1. The summed E-state index contributed by atoms with van der Waals surface area (Å²) in [5, 5.41) is 2.46. The van der Waals surface area contributed by atoms with Crippen molar-refractivity contribution < 1.29 is 0 Å². The fourth-order valence-electron chi connectivity index (χ4n) is 6.64. The Bertz CT molecular complexity index is 1800. The van der Waals surface area contributed by atoms with Crippen molar-refractivity contribution in [2.45, 2.75) is 23.9 Å². The molecule has 2 N–H and O–H groups in total. The fourth-order valence-corrected chi connectivity index (χ4v) is 6.64. The van der Waals surface area contributed by atoms with Crippen LogP contribution in [-0.2, 0) is 0 Å². The average molecular weight is 544 g/mol. The quantitative estimate of drug-likeness (QED) is 0.159. The topological polar surface area (TPSA) is 41.6 Å². The van der Waals surface area contributed by atoms with E-state index >= 15 is 0 Å². The number of rotatable bonds is 4. The number of hydrogen-bond acceptors (Lipinski definition) is 1. The molecule has 0 radical (unpaired) electrons. The maximum absolute atomic E-state index is 7.03. The first-order chi connectivity index (χ1) is 20.7. The summed E-state index contributed by atoms with van der Waals surface area (Å²) in [7, 11) is 0. The van der Waals surface area contributed by atoms with Gasteiger partial charge in [0.1, 0.15) is 0 Å². The molecule has 4 unspecified atom stereocenters. The minimum absolute atomic E-state index is 0.0416. The van der Waals surface area contributed by atoms with E-state index in [4.69, 9.17) is 10.7 Å². The zero-order valence-electron chi connectivity index (χ0n) is 23.4. The number of fused-ring (bicyclic) bond motifs is 6. The van der Waals surface area contributed by atoms with Gasteiger partial charge in [-0.1, -0.05) is 140 Å². The number of hydrogen-bond donors (Lipinski definition) is 1. The van der Waals surface area contributed by atoms with Crippen molar-refractivity contribution >= 4 is 22.4 Å². The second-order valence-electron chi connectivity index (χ2n) is 11.0. The van der Waals surface area contributed by atoms with Crippen LogP contribution in [0.25, 0.3) is 27.6 Å². The van der Waals surface area contributed by atoms with Crippen LogP contribution in [0.1, 0.15) is 28.5 Å². The molecule has 1 aliphatic heterocycles. The first-order valence-electron chi connectivity index (χ1n) is 14.5. The van der Waals surface area contributed by atoms with Crippen molar-refractivity contribution in [2.24, 2.45) is 10.7 Å². The molecule has 204 valence electrons. The molecule has 2 aliphatic carbocycles. The standard InChI is InChI=1S/C39H33N3/c1-2-12-36(31-16-11-15-29(26-31)30-24-23-27-13-3-4-14-28(27)25-30)41-39(40)42-37-21-9-7-19-34(37)32-17-5-6-18-33(32)35-20-8-10-22-38(35)42/h2-26,34-35,37-38H,1H2,(H2,40,41)/b36-12-. The Morgan fingerprint density at radius 1 is 0.667 bits per heavy atom. The molecule has 4 aromatic carbocycles. The minimum Gasteiger partial charge on any atom is -0.369 e. The Morgan fingerprint density at radius 2 is 1.29 bits per heavy atom. The van der Waals surface area contributed by atoms with Crippen molar-refractivity contribution in [1.29, 1.82) is 0 Å². The van der Waals surface area contributed by atoms with Crippen molar-refractivity contribution in [1.82, 2.24) is 4.90 Å². The molecule has 1 heterocycles. The largest absolute Gasteiger partial charge is 0.369 e. The normalized spacial score (nSPS) is 22.8. The van der Waals surface area contributed by atoms with Crippen LogP contribution in [0.5, 0.6) is 0 Å². The van der Waals surface area contributed by atoms with Gasteiger partial charge in [-0.25, -0.2) is 4.99 Å². The molecule has 7 rings (SSSR count). The number of allylic oxidation sites excluding steroid dienone is 6. The summed E-state index contributed by atoms with van der Waals surface area (Å²) in [6.45, 7) is 3.99. The molecule has 3 heteroatoms. The van der Waals surface area contributed by atoms with Crippen molar-refractivity contribution in [3.63, 3.8) is 0 Å². The van der Waals surface area contributed by atoms with E-state index in [2.05, 4.69) is 151 Å². The SMILES string of the molecule is C=C/C=C(\N=C(N)N1C2C=CC=CC2c2ccccc2C2C=CC=CC21)c1cccc(-c2ccc3ccccc3c2)c1. The molecular weight excluding hydrogens is 510 g/mol. The highest BCUT2D eigenvalue weighted by Crippen LogP contribution is 2.43. The molecule has 3 nitrogen and oxygen atoms in total. The molecule has 42 heavy (non-hydrogen) atoms. The zero-order chi connectivity index (χ0) is 28.5. The van der Waals surface area contributed by atoms with Gasteiger partial charge in [-0.15, -0.1) is 0 Å². The van der Waals surface area contributed by atoms with Crippen LogP contribution >= 0.6 is 0 Å². The second-order valence-corrected chi connectivity index (χ2v) is 11.0. The Kier molecular flexibility index (Phi) is 6.77. The van der Waals surface area contributed by atoms with Crippen LogP contribution in [0, 0.1) is 0 Å². The van der Waals surface area contributed by atoms with Gasteiger partial charge in [0.2, 0.25) is 0 Å². The van der Waals surface area contributed by atoms with Gasteiger partial charge in [0.25, 0.3) is 0 Å². The summed E-state index contributed by atoms with van der Waals surface area (Å²) >= 11 is 0. The highest BCUT2D eigenvalue weighted by molar-refractivity contribution is 5.89. The molecule has 0 aromatic heterocycles. The van der Waals surface area contributed by atoms with E-state index in [9.17, 15) is 0 Å². The molecule has 0 saturated carbocycles. The number of benzene rings is 4. The Hall–Kier alpha value is -5.15. The molecule has 3 aliphatic rings. The first kappa shape index (κ1) is 25.8. The number of nitrogens with two attached hydrogens (primary N) is 1. The Labute approximate surface area is 247 Å². The number of aliphatic imine (C=N–C) groups is 1. The third-order valence-electron chi connectivity index (χ3n) is 8.58. The monoisotopic (exact) mass is 543 g/mol. The lowest BCUT2D eigenvalue weighted by atomic mass is 9.82. The van der Waals surface area contributed by atoms with Gasteiger partial charge in [0.15, 0.2) is 5.96 Å². The second kappa shape index (κ2) is 11.0. The van der Waals surface area contributed by atoms with Gasteiger partial charge in [0, 0.05) is 17.4 Å². The average Bonchev–Trinajstić information content (AvgIpc) is 3.17. The van der Waals surface area contributed by atoms with E-state index in [1.165, 1.54) is 27.5 Å². The molecule has 4 atom stereocenters. The summed E-state index contributed by atoms with van der Waals surface area (Å²) in [4.78, 5) is 7.43. The molecule has 0 fully saturated rings. The van der Waals surface area contributed by atoms with Crippen LogP contribution in [0.4, 0.5) is 0 Å². The fraction of sp³-hybridized carbons (Fsp3) is 0.103. The molecule has 0 saturated heterocycles. The van der Waals surface area contributed by atoms with E-state index < -0.39 is 0 Å². The van der Waals surface area contributed by atoms with Gasteiger partial charge in [0.05, 0.1) is 17.8 Å². The van der Waals surface area contributed by atoms with Crippen molar-refractivity contribution in [3.8, 4) is 11.1 Å². The minimum atomic E-state index is 0.0416. The summed E-state index contributed by atoms with van der Waals surface area (Å²) < 4.78 is 0. The molecule has 0 spiro atoms. The van der Waals surface area contributed by atoms with Crippen LogP contribution < -0.4 is 5.73 Å². The summed E-state index contributed by atoms with van der Waals surface area (Å²) in [5.74, 6) is 0.850. The summed E-state index contributed by atoms with van der Waals surface area (Å²) in [6, 6.07) is 32.4. The van der Waals surface area contributed by atoms with Crippen LogP contribution in [0.3, 0.4) is 0 Å². The Balaban J connectivity index is 1.30. The van der Waals surface area contributed by atoms with Crippen LogP contribution in [-0.4, -0.2) is 22.9 Å². The van der Waals surface area contributed by atoms with Crippen LogP contribution in [0.15, 0.2) is 163 Å². The van der Waals surface area contributed by atoms with Crippen molar-refractivity contribution in [2.75, 3.05) is 0 Å². The predicted molar refractivity (Wildman–Crippen MR) is 177 cm³/mol. The smallest absolute Gasteiger partial charge is 0.197 e. The third-order valence-corrected chi connectivity index (χ3v) is 8.58. The van der Waals surface area contributed by atoms with Crippen molar-refractivity contribution in [3.05, 3.63) is 175 Å². The number of nitrogens with zero attached hydrogens (tertiary/aromatic N) is 2. The molecule has 0 amide bonds. The lowest BCUT2D eigenvalue weighted by Gasteiger charge is -2.40. The van der Waals surface area contributed by atoms with E-state index in [1.54, 1.807) is 6.08 Å². The maximum Gasteiger partial charge on any atom is 0.197 e. The lowest BCUT2D eigenvalue weighted by molar-refractivity contribution is 0.282. The van der Waals surface area contributed by atoms with E-state index in [0.717, 1.165) is 16.8 Å². The zero-order valence-corrected chi connectivity index (χ0v) is 23.4. The van der Waals surface area contributed by atoms with E-state index in [0.29, 0.717) is 5.96 Å². The highest BCUT2D eigenvalue weighted by Gasteiger charge is 2.41.